The van der Waals surface area contributed by atoms with Crippen LogP contribution in [0.4, 0.5) is 5.69 Å². The largest absolute Gasteiger partial charge is 0.495 e. The van der Waals surface area contributed by atoms with E-state index in [2.05, 4.69) is 20.7 Å². The van der Waals surface area contributed by atoms with E-state index in [-0.39, 0.29) is 12.5 Å². The second-order valence-electron chi connectivity index (χ2n) is 5.26. The summed E-state index contributed by atoms with van der Waals surface area (Å²) in [6.45, 7) is 1.98. The fourth-order valence-electron chi connectivity index (χ4n) is 2.19. The lowest BCUT2D eigenvalue weighted by molar-refractivity contribution is -0.117. The SMILES string of the molecule is COc1ccccc1NC(=O)Cn1nnc(-c2ccc(C)cc2)n1. The molecule has 0 bridgehead atoms. The molecule has 0 aliphatic heterocycles. The molecule has 0 atom stereocenters. The minimum atomic E-state index is -0.257. The van der Waals surface area contributed by atoms with Gasteiger partial charge in [0.2, 0.25) is 11.7 Å². The maximum atomic E-state index is 12.1. The number of aryl methyl sites for hydroxylation is 1. The van der Waals surface area contributed by atoms with Gasteiger partial charge in [-0.25, -0.2) is 0 Å². The molecule has 7 nitrogen and oxygen atoms in total. The molecule has 0 spiro atoms. The second-order valence-corrected chi connectivity index (χ2v) is 5.26. The summed E-state index contributed by atoms with van der Waals surface area (Å²) >= 11 is 0. The van der Waals surface area contributed by atoms with E-state index in [1.54, 1.807) is 19.2 Å². The molecule has 0 unspecified atom stereocenters. The van der Waals surface area contributed by atoms with Gasteiger partial charge in [-0.3, -0.25) is 4.79 Å². The van der Waals surface area contributed by atoms with Crippen molar-refractivity contribution in [2.24, 2.45) is 0 Å². The highest BCUT2D eigenvalue weighted by atomic mass is 16.5. The molecule has 0 saturated carbocycles. The topological polar surface area (TPSA) is 81.9 Å². The monoisotopic (exact) mass is 323 g/mol. The number of benzene rings is 2. The molecule has 1 aromatic heterocycles. The van der Waals surface area contributed by atoms with Crippen LogP contribution in [0.5, 0.6) is 5.75 Å². The van der Waals surface area contributed by atoms with Crippen LogP contribution in [0.1, 0.15) is 5.56 Å². The van der Waals surface area contributed by atoms with Gasteiger partial charge in [-0.05, 0) is 24.3 Å². The van der Waals surface area contributed by atoms with Crippen molar-refractivity contribution in [2.45, 2.75) is 13.5 Å². The van der Waals surface area contributed by atoms with E-state index >= 15 is 0 Å². The van der Waals surface area contributed by atoms with Crippen LogP contribution in [0.2, 0.25) is 0 Å². The molecule has 0 radical (unpaired) electrons. The Hall–Kier alpha value is -3.22. The lowest BCUT2D eigenvalue weighted by atomic mass is 10.1. The zero-order valence-electron chi connectivity index (χ0n) is 13.4. The summed E-state index contributed by atoms with van der Waals surface area (Å²) in [5.74, 6) is 0.824. The van der Waals surface area contributed by atoms with Gasteiger partial charge in [0.15, 0.2) is 0 Å². The maximum Gasteiger partial charge on any atom is 0.248 e. The van der Waals surface area contributed by atoms with Crippen LogP contribution in [-0.4, -0.2) is 33.2 Å². The Bertz CT molecular complexity index is 842. The van der Waals surface area contributed by atoms with Gasteiger partial charge < -0.3 is 10.1 Å². The van der Waals surface area contributed by atoms with Crippen LogP contribution < -0.4 is 10.1 Å². The molecular weight excluding hydrogens is 306 g/mol. The van der Waals surface area contributed by atoms with Crippen molar-refractivity contribution in [3.63, 3.8) is 0 Å². The summed E-state index contributed by atoms with van der Waals surface area (Å²) in [6.07, 6.45) is 0. The minimum absolute atomic E-state index is 0.0308. The summed E-state index contributed by atoms with van der Waals surface area (Å²) in [6, 6.07) is 15.0. The average Bonchev–Trinajstić information content (AvgIpc) is 3.04. The smallest absolute Gasteiger partial charge is 0.248 e. The first kappa shape index (κ1) is 15.7. The number of ether oxygens (including phenoxy) is 1. The van der Waals surface area contributed by atoms with E-state index in [0.717, 1.165) is 11.1 Å². The van der Waals surface area contributed by atoms with Gasteiger partial charge in [0.05, 0.1) is 12.8 Å². The third kappa shape index (κ3) is 3.57. The highest BCUT2D eigenvalue weighted by Crippen LogP contribution is 2.22. The van der Waals surface area contributed by atoms with Gasteiger partial charge in [-0.15, -0.1) is 10.2 Å². The molecule has 24 heavy (non-hydrogen) atoms. The molecule has 0 aliphatic rings. The van der Waals surface area contributed by atoms with Gasteiger partial charge in [0.25, 0.3) is 0 Å². The van der Waals surface area contributed by atoms with E-state index in [1.807, 2.05) is 43.3 Å². The number of hydrogen-bond donors (Lipinski definition) is 1. The molecule has 3 aromatic rings. The summed E-state index contributed by atoms with van der Waals surface area (Å²) in [5.41, 5.74) is 2.61. The first-order valence-electron chi connectivity index (χ1n) is 7.43. The lowest BCUT2D eigenvalue weighted by Gasteiger charge is -2.09. The Balaban J connectivity index is 1.68. The van der Waals surface area contributed by atoms with Crippen molar-refractivity contribution in [3.05, 3.63) is 54.1 Å². The normalized spacial score (nSPS) is 10.4. The standard InChI is InChI=1S/C17H17N5O2/c1-12-7-9-13(10-8-12)17-19-21-22(20-17)11-16(23)18-14-5-3-4-6-15(14)24-2/h3-10H,11H2,1-2H3,(H,18,23). The van der Waals surface area contributed by atoms with E-state index in [1.165, 1.54) is 4.80 Å². The highest BCUT2D eigenvalue weighted by molar-refractivity contribution is 5.91. The molecule has 0 fully saturated rings. The van der Waals surface area contributed by atoms with E-state index in [4.69, 9.17) is 4.74 Å². The molecular formula is C17H17N5O2. The molecule has 1 heterocycles. The number of carbonyl (C=O) groups is 1. The van der Waals surface area contributed by atoms with Crippen molar-refractivity contribution < 1.29 is 9.53 Å². The zero-order chi connectivity index (χ0) is 16.9. The van der Waals surface area contributed by atoms with Gasteiger partial charge in [-0.2, -0.15) is 4.80 Å². The first-order valence-corrected chi connectivity index (χ1v) is 7.43. The van der Waals surface area contributed by atoms with E-state index in [9.17, 15) is 4.79 Å². The fraction of sp³-hybridized carbons (Fsp3) is 0.176. The summed E-state index contributed by atoms with van der Waals surface area (Å²) in [4.78, 5) is 13.4. The number of nitrogens with one attached hydrogen (secondary N) is 1. The summed E-state index contributed by atoms with van der Waals surface area (Å²) < 4.78 is 5.20. The van der Waals surface area contributed by atoms with Crippen LogP contribution in [-0.2, 0) is 11.3 Å². The van der Waals surface area contributed by atoms with Gasteiger partial charge in [0.1, 0.15) is 12.3 Å². The molecule has 7 heteroatoms. The number of aromatic nitrogens is 4. The number of amides is 1. The number of methoxy groups -OCH3 is 1. The summed E-state index contributed by atoms with van der Waals surface area (Å²) in [5, 5.41) is 14.9. The van der Waals surface area contributed by atoms with Crippen molar-refractivity contribution in [2.75, 3.05) is 12.4 Å². The quantitative estimate of drug-likeness (QED) is 0.779. The van der Waals surface area contributed by atoms with E-state index < -0.39 is 0 Å². The minimum Gasteiger partial charge on any atom is -0.495 e. The predicted octanol–water partition coefficient (Wildman–Crippen LogP) is 2.30. The number of anilines is 1. The Morgan fingerprint density at radius 2 is 1.92 bits per heavy atom. The van der Waals surface area contributed by atoms with Gasteiger partial charge in [-0.1, -0.05) is 42.0 Å². The third-order valence-electron chi connectivity index (χ3n) is 3.43. The first-order chi connectivity index (χ1) is 11.7. The Kier molecular flexibility index (Phi) is 4.51. The van der Waals surface area contributed by atoms with Crippen LogP contribution >= 0.6 is 0 Å². The van der Waals surface area contributed by atoms with Gasteiger partial charge >= 0.3 is 0 Å². The molecule has 0 saturated heterocycles. The average molecular weight is 323 g/mol. The predicted molar refractivity (Wildman–Crippen MR) is 89.6 cm³/mol. The summed E-state index contributed by atoms with van der Waals surface area (Å²) in [7, 11) is 1.55. The molecule has 2 aromatic carbocycles. The Morgan fingerprint density at radius 3 is 2.67 bits per heavy atom. The number of carbonyl (C=O) groups excluding carboxylic acids is 1. The number of rotatable bonds is 5. The second kappa shape index (κ2) is 6.91. The maximum absolute atomic E-state index is 12.1. The van der Waals surface area contributed by atoms with Crippen molar-refractivity contribution in [1.29, 1.82) is 0 Å². The van der Waals surface area contributed by atoms with E-state index in [0.29, 0.717) is 17.3 Å². The molecule has 1 N–H and O–H groups in total. The van der Waals surface area contributed by atoms with Crippen LogP contribution in [0.25, 0.3) is 11.4 Å². The van der Waals surface area contributed by atoms with Gasteiger partial charge in [0, 0.05) is 5.56 Å². The number of hydrogen-bond acceptors (Lipinski definition) is 5. The molecule has 0 aliphatic carbocycles. The number of nitrogens with zero attached hydrogens (tertiary/aromatic N) is 4. The Labute approximate surface area is 139 Å². The van der Waals surface area contributed by atoms with Crippen LogP contribution in [0.15, 0.2) is 48.5 Å². The molecule has 1 amide bonds. The van der Waals surface area contributed by atoms with Crippen molar-refractivity contribution >= 4 is 11.6 Å². The van der Waals surface area contributed by atoms with Crippen molar-refractivity contribution in [3.8, 4) is 17.1 Å². The van der Waals surface area contributed by atoms with Crippen LogP contribution in [0.3, 0.4) is 0 Å². The molecule has 122 valence electrons. The highest BCUT2D eigenvalue weighted by Gasteiger charge is 2.11. The Morgan fingerprint density at radius 1 is 1.17 bits per heavy atom. The third-order valence-corrected chi connectivity index (χ3v) is 3.43. The number of tetrazole rings is 1. The van der Waals surface area contributed by atoms with Crippen LogP contribution in [0, 0.1) is 6.92 Å². The van der Waals surface area contributed by atoms with Crippen molar-refractivity contribution in [1.82, 2.24) is 20.2 Å². The fourth-order valence-corrected chi connectivity index (χ4v) is 2.19. The molecule has 3 rings (SSSR count). The zero-order valence-corrected chi connectivity index (χ0v) is 13.4. The lowest BCUT2D eigenvalue weighted by Crippen LogP contribution is -2.20. The number of para-hydroxylation sites is 2.